The highest BCUT2D eigenvalue weighted by Gasteiger charge is 2.31. The van der Waals surface area contributed by atoms with E-state index >= 15 is 0 Å². The maximum absolute atomic E-state index is 11.4. The van der Waals surface area contributed by atoms with Gasteiger partial charge < -0.3 is 15.2 Å². The minimum Gasteiger partial charge on any atom is -0.344 e. The lowest BCUT2D eigenvalue weighted by Gasteiger charge is -2.20. The standard InChI is InChI=1S/C14H24N4O2/c1-9(15-3)8-12-17-14(20-18-12)13(16-10(2)19)11-6-4-5-7-11/h9,11,13,15H,4-8H2,1-3H3,(H,16,19). The van der Waals surface area contributed by atoms with E-state index in [0.717, 1.165) is 19.3 Å². The van der Waals surface area contributed by atoms with Crippen molar-refractivity contribution in [1.82, 2.24) is 20.8 Å². The smallest absolute Gasteiger partial charge is 0.249 e. The van der Waals surface area contributed by atoms with Crippen LogP contribution in [0.1, 0.15) is 57.3 Å². The zero-order valence-corrected chi connectivity index (χ0v) is 12.5. The van der Waals surface area contributed by atoms with Crippen LogP contribution in [-0.4, -0.2) is 29.1 Å². The van der Waals surface area contributed by atoms with E-state index in [4.69, 9.17) is 4.52 Å². The summed E-state index contributed by atoms with van der Waals surface area (Å²) in [6, 6.07) is 0.160. The fourth-order valence-electron chi connectivity index (χ4n) is 2.74. The molecule has 1 saturated carbocycles. The number of rotatable bonds is 6. The average molecular weight is 280 g/mol. The molecule has 6 nitrogen and oxygen atoms in total. The van der Waals surface area contributed by atoms with Crippen molar-refractivity contribution in [3.05, 3.63) is 11.7 Å². The summed E-state index contributed by atoms with van der Waals surface area (Å²) in [7, 11) is 1.91. The quantitative estimate of drug-likeness (QED) is 0.827. The van der Waals surface area contributed by atoms with Gasteiger partial charge in [0.2, 0.25) is 11.8 Å². The van der Waals surface area contributed by atoms with Gasteiger partial charge in [0.25, 0.3) is 0 Å². The highest BCUT2D eigenvalue weighted by molar-refractivity contribution is 5.73. The van der Waals surface area contributed by atoms with Crippen molar-refractivity contribution in [1.29, 1.82) is 0 Å². The number of hydrogen-bond acceptors (Lipinski definition) is 5. The summed E-state index contributed by atoms with van der Waals surface area (Å²) in [4.78, 5) is 15.9. The van der Waals surface area contributed by atoms with Crippen LogP contribution in [0, 0.1) is 5.92 Å². The zero-order chi connectivity index (χ0) is 14.5. The van der Waals surface area contributed by atoms with Crippen molar-refractivity contribution in [2.24, 2.45) is 5.92 Å². The van der Waals surface area contributed by atoms with Gasteiger partial charge in [0.15, 0.2) is 5.82 Å². The highest BCUT2D eigenvalue weighted by Crippen LogP contribution is 2.35. The molecule has 2 rings (SSSR count). The Bertz CT molecular complexity index is 440. The van der Waals surface area contributed by atoms with Gasteiger partial charge in [0.05, 0.1) is 0 Å². The lowest BCUT2D eigenvalue weighted by molar-refractivity contribution is -0.120. The van der Waals surface area contributed by atoms with Crippen LogP contribution in [0.5, 0.6) is 0 Å². The molecule has 2 unspecified atom stereocenters. The van der Waals surface area contributed by atoms with E-state index in [2.05, 4.69) is 27.7 Å². The minimum atomic E-state index is -0.138. The van der Waals surface area contributed by atoms with Gasteiger partial charge in [-0.2, -0.15) is 4.98 Å². The van der Waals surface area contributed by atoms with Crippen molar-refractivity contribution in [3.63, 3.8) is 0 Å². The maximum Gasteiger partial charge on any atom is 0.249 e. The monoisotopic (exact) mass is 280 g/mol. The number of nitrogens with zero attached hydrogens (tertiary/aromatic N) is 2. The van der Waals surface area contributed by atoms with E-state index in [9.17, 15) is 4.79 Å². The van der Waals surface area contributed by atoms with E-state index in [0.29, 0.717) is 23.7 Å². The first-order valence-corrected chi connectivity index (χ1v) is 7.37. The number of nitrogens with one attached hydrogen (secondary N) is 2. The first-order chi connectivity index (χ1) is 9.60. The fourth-order valence-corrected chi connectivity index (χ4v) is 2.74. The van der Waals surface area contributed by atoms with Crippen molar-refractivity contribution < 1.29 is 9.32 Å². The third kappa shape index (κ3) is 3.79. The molecule has 1 aliphatic carbocycles. The summed E-state index contributed by atoms with van der Waals surface area (Å²) in [5.41, 5.74) is 0. The Morgan fingerprint density at radius 3 is 2.75 bits per heavy atom. The van der Waals surface area contributed by atoms with Gasteiger partial charge in [0.1, 0.15) is 6.04 Å². The van der Waals surface area contributed by atoms with Crippen molar-refractivity contribution in [3.8, 4) is 0 Å². The van der Waals surface area contributed by atoms with Gasteiger partial charge in [-0.05, 0) is 32.7 Å². The Kier molecular flexibility index (Phi) is 5.11. The summed E-state index contributed by atoms with van der Waals surface area (Å²) in [5.74, 6) is 1.60. The second-order valence-corrected chi connectivity index (χ2v) is 5.67. The molecule has 0 radical (unpaired) electrons. The van der Waals surface area contributed by atoms with Gasteiger partial charge >= 0.3 is 0 Å². The molecule has 0 aromatic carbocycles. The van der Waals surface area contributed by atoms with E-state index < -0.39 is 0 Å². The number of likely N-dealkylation sites (N-methyl/N-ethyl adjacent to an activating group) is 1. The first-order valence-electron chi connectivity index (χ1n) is 7.37. The van der Waals surface area contributed by atoms with E-state index in [1.165, 1.54) is 19.8 Å². The normalized spacial score (nSPS) is 18.9. The van der Waals surface area contributed by atoms with Crippen LogP contribution >= 0.6 is 0 Å². The zero-order valence-electron chi connectivity index (χ0n) is 12.5. The Hall–Kier alpha value is -1.43. The number of amides is 1. The molecule has 0 bridgehead atoms. The topological polar surface area (TPSA) is 80.0 Å². The molecule has 20 heavy (non-hydrogen) atoms. The predicted octanol–water partition coefficient (Wildman–Crippen LogP) is 1.59. The maximum atomic E-state index is 11.4. The number of hydrogen-bond donors (Lipinski definition) is 2. The van der Waals surface area contributed by atoms with E-state index in [-0.39, 0.29) is 11.9 Å². The lowest BCUT2D eigenvalue weighted by atomic mass is 9.98. The summed E-state index contributed by atoms with van der Waals surface area (Å²) >= 11 is 0. The fraction of sp³-hybridized carbons (Fsp3) is 0.786. The summed E-state index contributed by atoms with van der Waals surface area (Å²) in [6.07, 6.45) is 5.35. The van der Waals surface area contributed by atoms with Crippen molar-refractivity contribution in [2.75, 3.05) is 7.05 Å². The van der Waals surface area contributed by atoms with Gasteiger partial charge in [-0.1, -0.05) is 18.0 Å². The van der Waals surface area contributed by atoms with Crippen LogP contribution in [0.3, 0.4) is 0 Å². The molecule has 0 aliphatic heterocycles. The lowest BCUT2D eigenvalue weighted by Crippen LogP contribution is -2.31. The largest absolute Gasteiger partial charge is 0.344 e. The highest BCUT2D eigenvalue weighted by atomic mass is 16.5. The average Bonchev–Trinajstić information content (AvgIpc) is 3.07. The number of carbonyl (C=O) groups is 1. The third-order valence-electron chi connectivity index (χ3n) is 3.96. The second-order valence-electron chi connectivity index (χ2n) is 5.67. The Balaban J connectivity index is 2.09. The minimum absolute atomic E-state index is 0.0507. The molecule has 0 spiro atoms. The molecule has 2 atom stereocenters. The molecule has 1 aromatic heterocycles. The molecule has 0 saturated heterocycles. The van der Waals surface area contributed by atoms with E-state index in [1.54, 1.807) is 0 Å². The molecule has 1 heterocycles. The van der Waals surface area contributed by atoms with Crippen LogP contribution in [0.25, 0.3) is 0 Å². The predicted molar refractivity (Wildman–Crippen MR) is 75.0 cm³/mol. The van der Waals surface area contributed by atoms with Gasteiger partial charge in [-0.15, -0.1) is 0 Å². The molecule has 2 N–H and O–H groups in total. The van der Waals surface area contributed by atoms with Gasteiger partial charge in [-0.3, -0.25) is 4.79 Å². The van der Waals surface area contributed by atoms with Crippen LogP contribution in [-0.2, 0) is 11.2 Å². The van der Waals surface area contributed by atoms with Crippen LogP contribution in [0.4, 0.5) is 0 Å². The van der Waals surface area contributed by atoms with Crippen LogP contribution in [0.15, 0.2) is 4.52 Å². The Morgan fingerprint density at radius 1 is 1.45 bits per heavy atom. The van der Waals surface area contributed by atoms with Crippen molar-refractivity contribution in [2.45, 2.75) is 58.0 Å². The number of aromatic nitrogens is 2. The van der Waals surface area contributed by atoms with Crippen molar-refractivity contribution >= 4 is 5.91 Å². The van der Waals surface area contributed by atoms with E-state index in [1.807, 2.05) is 7.05 Å². The number of carbonyl (C=O) groups excluding carboxylic acids is 1. The molecule has 112 valence electrons. The van der Waals surface area contributed by atoms with Gasteiger partial charge in [-0.25, -0.2) is 0 Å². The Labute approximate surface area is 119 Å². The summed E-state index contributed by atoms with van der Waals surface area (Å²) < 4.78 is 5.38. The molecule has 1 aliphatic rings. The SMILES string of the molecule is CNC(C)Cc1noc(C(NC(C)=O)C2CCCC2)n1. The van der Waals surface area contributed by atoms with Gasteiger partial charge in [0, 0.05) is 19.4 Å². The van der Waals surface area contributed by atoms with Crippen LogP contribution < -0.4 is 10.6 Å². The molecule has 1 aromatic rings. The molecule has 1 fully saturated rings. The second kappa shape index (κ2) is 6.83. The molecular formula is C14H24N4O2. The molecular weight excluding hydrogens is 256 g/mol. The Morgan fingerprint density at radius 2 is 2.15 bits per heavy atom. The first kappa shape index (κ1) is 15.0. The summed E-state index contributed by atoms with van der Waals surface area (Å²) in [5, 5.41) is 10.1. The molecule has 6 heteroatoms. The third-order valence-corrected chi connectivity index (χ3v) is 3.96. The summed E-state index contributed by atoms with van der Waals surface area (Å²) in [6.45, 7) is 3.60. The molecule has 1 amide bonds. The van der Waals surface area contributed by atoms with Crippen LogP contribution in [0.2, 0.25) is 0 Å².